The number of hydrogen-bond acceptors (Lipinski definition) is 2. The standard InChI is InChI=1S/C13H14ClNO/c1-2-10-4-5-11(14)8-12(10)13(15-9-16)6-3-7-13/h4-5,8H,2-3,6-7H2,1H3. The van der Waals surface area contributed by atoms with Crippen LogP contribution in [0.2, 0.25) is 5.02 Å². The van der Waals surface area contributed by atoms with Crippen LogP contribution in [0.4, 0.5) is 0 Å². The highest BCUT2D eigenvalue weighted by atomic mass is 35.5. The lowest BCUT2D eigenvalue weighted by atomic mass is 9.70. The predicted molar refractivity (Wildman–Crippen MR) is 64.5 cm³/mol. The Morgan fingerprint density at radius 2 is 2.25 bits per heavy atom. The maximum atomic E-state index is 10.5. The number of rotatable bonds is 3. The van der Waals surface area contributed by atoms with Crippen LogP contribution >= 0.6 is 11.6 Å². The summed E-state index contributed by atoms with van der Waals surface area (Å²) in [5.41, 5.74) is 2.00. The van der Waals surface area contributed by atoms with Crippen LogP contribution < -0.4 is 0 Å². The summed E-state index contributed by atoms with van der Waals surface area (Å²) < 4.78 is 0. The van der Waals surface area contributed by atoms with Crippen molar-refractivity contribution in [3.05, 3.63) is 34.3 Å². The highest BCUT2D eigenvalue weighted by molar-refractivity contribution is 6.30. The van der Waals surface area contributed by atoms with Crippen LogP contribution in [0.3, 0.4) is 0 Å². The minimum atomic E-state index is -0.335. The van der Waals surface area contributed by atoms with Gasteiger partial charge in [-0.1, -0.05) is 24.6 Å². The molecule has 0 atom stereocenters. The Hall–Kier alpha value is -1.11. The smallest absolute Gasteiger partial charge is 0.211 e. The fraction of sp³-hybridized carbons (Fsp3) is 0.462. The Balaban J connectivity index is 2.52. The monoisotopic (exact) mass is 235 g/mol. The van der Waals surface area contributed by atoms with Crippen molar-refractivity contribution in [2.75, 3.05) is 0 Å². The van der Waals surface area contributed by atoms with Crippen LogP contribution in [0.25, 0.3) is 0 Å². The Morgan fingerprint density at radius 3 is 2.75 bits per heavy atom. The molecule has 2 nitrogen and oxygen atoms in total. The molecular weight excluding hydrogens is 222 g/mol. The summed E-state index contributed by atoms with van der Waals surface area (Å²) in [5.74, 6) is 0. The van der Waals surface area contributed by atoms with Crippen molar-refractivity contribution in [3.8, 4) is 0 Å². The maximum Gasteiger partial charge on any atom is 0.235 e. The fourth-order valence-corrected chi connectivity index (χ4v) is 2.50. The van der Waals surface area contributed by atoms with Crippen LogP contribution in [0.15, 0.2) is 23.2 Å². The molecule has 3 heteroatoms. The topological polar surface area (TPSA) is 29.4 Å². The van der Waals surface area contributed by atoms with E-state index in [9.17, 15) is 4.79 Å². The number of nitrogens with zero attached hydrogens (tertiary/aromatic N) is 1. The molecule has 0 spiro atoms. The lowest BCUT2D eigenvalue weighted by molar-refractivity contribution is 0.254. The highest BCUT2D eigenvalue weighted by Crippen LogP contribution is 2.46. The van der Waals surface area contributed by atoms with Crippen LogP contribution in [0, 0.1) is 0 Å². The second-order valence-electron chi connectivity index (χ2n) is 4.24. The van der Waals surface area contributed by atoms with Gasteiger partial charge < -0.3 is 0 Å². The van der Waals surface area contributed by atoms with Gasteiger partial charge in [0.15, 0.2) is 0 Å². The molecule has 16 heavy (non-hydrogen) atoms. The minimum Gasteiger partial charge on any atom is -0.211 e. The Morgan fingerprint density at radius 1 is 1.50 bits per heavy atom. The Kier molecular flexibility index (Phi) is 3.13. The Labute approximate surface area is 100 Å². The van der Waals surface area contributed by atoms with Gasteiger partial charge in [-0.2, -0.15) is 4.99 Å². The summed E-state index contributed by atoms with van der Waals surface area (Å²) in [6, 6.07) is 5.86. The largest absolute Gasteiger partial charge is 0.235 e. The van der Waals surface area contributed by atoms with Crippen molar-refractivity contribution in [2.45, 2.75) is 38.1 Å². The van der Waals surface area contributed by atoms with Crippen molar-refractivity contribution in [3.63, 3.8) is 0 Å². The number of hydrogen-bond donors (Lipinski definition) is 0. The average Bonchev–Trinajstić information content (AvgIpc) is 2.23. The van der Waals surface area contributed by atoms with Crippen molar-refractivity contribution < 1.29 is 4.79 Å². The van der Waals surface area contributed by atoms with Crippen LogP contribution in [-0.2, 0) is 16.8 Å². The van der Waals surface area contributed by atoms with Crippen molar-refractivity contribution >= 4 is 17.7 Å². The molecule has 0 bridgehead atoms. The van der Waals surface area contributed by atoms with Gasteiger partial charge in [0.05, 0.1) is 5.54 Å². The molecule has 1 fully saturated rings. The summed E-state index contributed by atoms with van der Waals surface area (Å²) in [4.78, 5) is 14.6. The van der Waals surface area contributed by atoms with E-state index in [2.05, 4.69) is 11.9 Å². The van der Waals surface area contributed by atoms with E-state index in [4.69, 9.17) is 11.6 Å². The maximum absolute atomic E-state index is 10.5. The normalized spacial score (nSPS) is 17.4. The molecule has 0 amide bonds. The summed E-state index contributed by atoms with van der Waals surface area (Å²) in [6.07, 6.45) is 5.61. The van der Waals surface area contributed by atoms with E-state index in [1.807, 2.05) is 18.2 Å². The number of aliphatic imine (C=N–C) groups is 1. The molecule has 84 valence electrons. The van der Waals surface area contributed by atoms with Crippen molar-refractivity contribution in [1.82, 2.24) is 0 Å². The number of halogens is 1. The summed E-state index contributed by atoms with van der Waals surface area (Å²) in [7, 11) is 0. The zero-order valence-corrected chi connectivity index (χ0v) is 10.0. The third kappa shape index (κ3) is 1.79. The third-order valence-corrected chi connectivity index (χ3v) is 3.63. The van der Waals surface area contributed by atoms with Crippen molar-refractivity contribution in [2.24, 2.45) is 4.99 Å². The molecule has 0 radical (unpaired) electrons. The SMILES string of the molecule is CCc1ccc(Cl)cc1C1(N=C=O)CCC1. The van der Waals surface area contributed by atoms with Crippen LogP contribution in [0.1, 0.15) is 37.3 Å². The number of isocyanates is 1. The zero-order valence-electron chi connectivity index (χ0n) is 9.29. The first-order chi connectivity index (χ1) is 7.72. The lowest BCUT2D eigenvalue weighted by Crippen LogP contribution is -2.33. The molecule has 1 aromatic carbocycles. The fourth-order valence-electron chi connectivity index (χ4n) is 2.33. The lowest BCUT2D eigenvalue weighted by Gasteiger charge is -2.38. The van der Waals surface area contributed by atoms with Crippen LogP contribution in [0.5, 0.6) is 0 Å². The molecule has 0 saturated heterocycles. The molecule has 1 saturated carbocycles. The van der Waals surface area contributed by atoms with Gasteiger partial charge in [-0.25, -0.2) is 4.79 Å². The van der Waals surface area contributed by atoms with E-state index in [1.165, 1.54) is 5.56 Å². The molecular formula is C13H14ClNO. The van der Waals surface area contributed by atoms with Gasteiger partial charge in [-0.05, 0) is 48.9 Å². The first kappa shape index (κ1) is 11.4. The van der Waals surface area contributed by atoms with Gasteiger partial charge in [0.25, 0.3) is 0 Å². The van der Waals surface area contributed by atoms with E-state index in [1.54, 1.807) is 6.08 Å². The molecule has 1 aliphatic rings. The van der Waals surface area contributed by atoms with E-state index in [-0.39, 0.29) is 5.54 Å². The average molecular weight is 236 g/mol. The van der Waals surface area contributed by atoms with Gasteiger partial charge in [0.1, 0.15) is 0 Å². The molecule has 0 heterocycles. The summed E-state index contributed by atoms with van der Waals surface area (Å²) >= 11 is 6.02. The van der Waals surface area contributed by atoms with E-state index < -0.39 is 0 Å². The first-order valence-electron chi connectivity index (χ1n) is 5.60. The molecule has 2 rings (SSSR count). The third-order valence-electron chi connectivity index (χ3n) is 3.39. The van der Waals surface area contributed by atoms with Crippen LogP contribution in [-0.4, -0.2) is 6.08 Å². The van der Waals surface area contributed by atoms with E-state index >= 15 is 0 Å². The summed E-state index contributed by atoms with van der Waals surface area (Å²) in [6.45, 7) is 2.10. The summed E-state index contributed by atoms with van der Waals surface area (Å²) in [5, 5.41) is 0.708. The first-order valence-corrected chi connectivity index (χ1v) is 5.97. The zero-order chi connectivity index (χ0) is 11.6. The molecule has 0 N–H and O–H groups in total. The number of benzene rings is 1. The van der Waals surface area contributed by atoms with Gasteiger partial charge in [-0.15, -0.1) is 0 Å². The molecule has 0 aliphatic heterocycles. The minimum absolute atomic E-state index is 0.335. The molecule has 1 aromatic rings. The highest BCUT2D eigenvalue weighted by Gasteiger charge is 2.40. The van der Waals surface area contributed by atoms with Gasteiger partial charge in [0.2, 0.25) is 6.08 Å². The molecule has 0 aromatic heterocycles. The van der Waals surface area contributed by atoms with E-state index in [0.29, 0.717) is 5.02 Å². The van der Waals surface area contributed by atoms with E-state index in [0.717, 1.165) is 31.2 Å². The van der Waals surface area contributed by atoms with Gasteiger partial charge in [-0.3, -0.25) is 0 Å². The second kappa shape index (κ2) is 4.40. The number of carbonyl (C=O) groups excluding carboxylic acids is 1. The second-order valence-corrected chi connectivity index (χ2v) is 4.68. The predicted octanol–water partition coefficient (Wildman–Crippen LogP) is 3.62. The quantitative estimate of drug-likeness (QED) is 0.581. The van der Waals surface area contributed by atoms with Crippen molar-refractivity contribution in [1.29, 1.82) is 0 Å². The van der Waals surface area contributed by atoms with Gasteiger partial charge in [0, 0.05) is 5.02 Å². The molecule has 1 aliphatic carbocycles. The van der Waals surface area contributed by atoms with Gasteiger partial charge >= 0.3 is 0 Å². The molecule has 0 unspecified atom stereocenters. The number of aryl methyl sites for hydroxylation is 1. The Bertz CT molecular complexity index is 445.